The molecule has 0 aromatic heterocycles. The van der Waals surface area contributed by atoms with Gasteiger partial charge >= 0.3 is 0 Å². The Hall–Kier alpha value is -4.04. The minimum Gasteiger partial charge on any atom is -0.497 e. The molecule has 0 fully saturated rings. The van der Waals surface area contributed by atoms with Crippen molar-refractivity contribution in [1.29, 1.82) is 0 Å². The van der Waals surface area contributed by atoms with Crippen molar-refractivity contribution in [3.63, 3.8) is 0 Å². The number of benzene rings is 3. The predicted molar refractivity (Wildman–Crippen MR) is 116 cm³/mol. The maximum absolute atomic E-state index is 13.2. The molecular weight excluding hydrogens is 427 g/mol. The molecule has 1 heterocycles. The lowest BCUT2D eigenvalue weighted by molar-refractivity contribution is -0.177. The minimum absolute atomic E-state index is 0.0262. The molecular formula is C25H21FN2O5. The number of ether oxygens (including phenoxy) is 1. The van der Waals surface area contributed by atoms with E-state index < -0.39 is 23.6 Å². The van der Waals surface area contributed by atoms with Crippen LogP contribution in [-0.4, -0.2) is 29.9 Å². The summed E-state index contributed by atoms with van der Waals surface area (Å²) in [5.41, 5.74) is 1.83. The number of nitrogens with one attached hydrogen (secondary N) is 1. The van der Waals surface area contributed by atoms with Crippen LogP contribution in [0.1, 0.15) is 33.0 Å². The van der Waals surface area contributed by atoms with Crippen molar-refractivity contribution < 1.29 is 28.3 Å². The molecule has 7 nitrogen and oxygen atoms in total. The van der Waals surface area contributed by atoms with Crippen molar-refractivity contribution >= 4 is 17.7 Å². The van der Waals surface area contributed by atoms with Crippen molar-refractivity contribution in [3.8, 4) is 5.75 Å². The molecule has 3 aromatic carbocycles. The number of nitrogens with zero attached hydrogens (tertiary/aromatic N) is 1. The Morgan fingerprint density at radius 1 is 1.00 bits per heavy atom. The van der Waals surface area contributed by atoms with E-state index in [9.17, 15) is 18.8 Å². The Labute approximate surface area is 189 Å². The molecule has 168 valence electrons. The van der Waals surface area contributed by atoms with Gasteiger partial charge in [0.15, 0.2) is 0 Å². The summed E-state index contributed by atoms with van der Waals surface area (Å²) >= 11 is 0. The molecule has 4 rings (SSSR count). The Balaban J connectivity index is 1.60. The van der Waals surface area contributed by atoms with E-state index in [1.807, 2.05) is 18.2 Å². The molecule has 1 aliphatic heterocycles. The van der Waals surface area contributed by atoms with E-state index in [4.69, 9.17) is 9.57 Å². The Morgan fingerprint density at radius 3 is 2.42 bits per heavy atom. The van der Waals surface area contributed by atoms with Crippen LogP contribution >= 0.6 is 0 Å². The second kappa shape index (κ2) is 9.62. The van der Waals surface area contributed by atoms with Gasteiger partial charge in [0.25, 0.3) is 11.8 Å². The number of hydrogen-bond donors (Lipinski definition) is 1. The molecule has 33 heavy (non-hydrogen) atoms. The molecule has 3 amide bonds. The minimum atomic E-state index is -1.29. The molecule has 1 unspecified atom stereocenters. The van der Waals surface area contributed by atoms with Crippen molar-refractivity contribution in [2.24, 2.45) is 0 Å². The van der Waals surface area contributed by atoms with Crippen molar-refractivity contribution in [3.05, 3.63) is 101 Å². The fourth-order valence-electron chi connectivity index (χ4n) is 3.54. The van der Waals surface area contributed by atoms with Gasteiger partial charge in [0.2, 0.25) is 5.91 Å². The van der Waals surface area contributed by atoms with Gasteiger partial charge < -0.3 is 10.1 Å². The number of carbonyl (C=O) groups is 3. The Bertz CT molecular complexity index is 1180. The number of halogens is 1. The molecule has 0 radical (unpaired) electrons. The molecule has 0 saturated heterocycles. The summed E-state index contributed by atoms with van der Waals surface area (Å²) in [6.07, 6.45) is 0. The fraction of sp³-hybridized carbons (Fsp3) is 0.160. The molecule has 0 saturated carbocycles. The van der Waals surface area contributed by atoms with Crippen LogP contribution in [0.5, 0.6) is 5.75 Å². The Morgan fingerprint density at radius 2 is 1.73 bits per heavy atom. The van der Waals surface area contributed by atoms with Crippen LogP contribution in [0.4, 0.5) is 4.39 Å². The number of methoxy groups -OCH3 is 1. The van der Waals surface area contributed by atoms with Crippen LogP contribution in [0.25, 0.3) is 0 Å². The smallest absolute Gasteiger partial charge is 0.285 e. The van der Waals surface area contributed by atoms with Gasteiger partial charge in [-0.25, -0.2) is 4.39 Å². The molecule has 3 aromatic rings. The first kappa shape index (κ1) is 22.2. The van der Waals surface area contributed by atoms with Crippen molar-refractivity contribution in [2.45, 2.75) is 19.1 Å². The number of fused-ring (bicyclic) bond motifs is 1. The van der Waals surface area contributed by atoms with E-state index in [1.165, 1.54) is 43.5 Å². The molecule has 0 bridgehead atoms. The highest BCUT2D eigenvalue weighted by Crippen LogP contribution is 2.33. The summed E-state index contributed by atoms with van der Waals surface area (Å²) in [5.74, 6) is -3.33. The lowest BCUT2D eigenvalue weighted by Crippen LogP contribution is -2.49. The topological polar surface area (TPSA) is 84.9 Å². The van der Waals surface area contributed by atoms with E-state index in [0.29, 0.717) is 16.4 Å². The zero-order valence-electron chi connectivity index (χ0n) is 17.8. The summed E-state index contributed by atoms with van der Waals surface area (Å²) in [7, 11) is 1.46. The first-order chi connectivity index (χ1) is 16.0. The third kappa shape index (κ3) is 4.75. The number of imide groups is 1. The molecule has 1 N–H and O–H groups in total. The molecule has 1 atom stereocenters. The second-order valence-corrected chi connectivity index (χ2v) is 7.43. The van der Waals surface area contributed by atoms with E-state index in [-0.39, 0.29) is 30.1 Å². The van der Waals surface area contributed by atoms with Crippen molar-refractivity contribution in [2.75, 3.05) is 7.11 Å². The van der Waals surface area contributed by atoms with Gasteiger partial charge in [0, 0.05) is 6.54 Å². The highest BCUT2D eigenvalue weighted by Gasteiger charge is 2.44. The summed E-state index contributed by atoms with van der Waals surface area (Å²) in [5, 5.41) is 3.33. The van der Waals surface area contributed by atoms with Crippen LogP contribution in [0, 0.1) is 5.82 Å². The summed E-state index contributed by atoms with van der Waals surface area (Å²) in [4.78, 5) is 44.9. The van der Waals surface area contributed by atoms with Crippen LogP contribution < -0.4 is 10.1 Å². The lowest BCUT2D eigenvalue weighted by Gasteiger charge is -2.31. The van der Waals surface area contributed by atoms with Gasteiger partial charge in [-0.1, -0.05) is 48.5 Å². The van der Waals surface area contributed by atoms with Crippen LogP contribution in [-0.2, 0) is 27.6 Å². The standard InChI is InChI=1S/C25H21FN2O5/c1-32-19-11-12-20-21(13-19)24(30)28(33-15-17-5-3-2-4-6-17)25(31)22(20)23(29)27-14-16-7-9-18(26)10-8-16/h2-13,22H,14-15H2,1H3,(H,27,29). The summed E-state index contributed by atoms with van der Waals surface area (Å²) in [6.45, 7) is 0.0642. The summed E-state index contributed by atoms with van der Waals surface area (Å²) in [6, 6.07) is 19.3. The van der Waals surface area contributed by atoms with E-state index in [2.05, 4.69) is 5.32 Å². The lowest BCUT2D eigenvalue weighted by atomic mass is 9.88. The maximum atomic E-state index is 13.2. The summed E-state index contributed by atoms with van der Waals surface area (Å²) < 4.78 is 18.3. The molecule has 1 aliphatic rings. The van der Waals surface area contributed by atoms with Gasteiger partial charge in [0.1, 0.15) is 24.1 Å². The highest BCUT2D eigenvalue weighted by molar-refractivity contribution is 6.18. The third-order valence-electron chi connectivity index (χ3n) is 5.28. The zero-order valence-corrected chi connectivity index (χ0v) is 17.8. The SMILES string of the molecule is COc1ccc2c(c1)C(=O)N(OCc1ccccc1)C(=O)C2C(=O)NCc1ccc(F)cc1. The maximum Gasteiger partial charge on any atom is 0.285 e. The fourth-order valence-corrected chi connectivity index (χ4v) is 3.54. The van der Waals surface area contributed by atoms with Crippen LogP contribution in [0.15, 0.2) is 72.8 Å². The van der Waals surface area contributed by atoms with Crippen LogP contribution in [0.2, 0.25) is 0 Å². The van der Waals surface area contributed by atoms with Gasteiger partial charge in [-0.15, -0.1) is 5.06 Å². The largest absolute Gasteiger partial charge is 0.497 e. The van der Waals surface area contributed by atoms with Crippen molar-refractivity contribution in [1.82, 2.24) is 10.4 Å². The Kier molecular flexibility index (Phi) is 6.46. The normalized spacial score (nSPS) is 15.2. The molecule has 0 aliphatic carbocycles. The average molecular weight is 448 g/mol. The second-order valence-electron chi connectivity index (χ2n) is 7.43. The van der Waals surface area contributed by atoms with Gasteiger partial charge in [-0.05, 0) is 41.0 Å². The van der Waals surface area contributed by atoms with Gasteiger partial charge in [-0.2, -0.15) is 0 Å². The first-order valence-corrected chi connectivity index (χ1v) is 10.2. The zero-order chi connectivity index (χ0) is 23.4. The predicted octanol–water partition coefficient (Wildman–Crippen LogP) is 3.35. The molecule has 8 heteroatoms. The first-order valence-electron chi connectivity index (χ1n) is 10.2. The van der Waals surface area contributed by atoms with E-state index in [0.717, 1.165) is 5.56 Å². The molecule has 0 spiro atoms. The highest BCUT2D eigenvalue weighted by atomic mass is 19.1. The van der Waals surface area contributed by atoms with E-state index >= 15 is 0 Å². The number of hydrogen-bond acceptors (Lipinski definition) is 5. The van der Waals surface area contributed by atoms with Gasteiger partial charge in [-0.3, -0.25) is 19.2 Å². The number of rotatable bonds is 7. The average Bonchev–Trinajstić information content (AvgIpc) is 2.84. The van der Waals surface area contributed by atoms with E-state index in [1.54, 1.807) is 18.2 Å². The number of amides is 3. The quantitative estimate of drug-likeness (QED) is 0.443. The number of carbonyl (C=O) groups excluding carboxylic acids is 3. The monoisotopic (exact) mass is 448 g/mol. The number of hydroxylamine groups is 2. The van der Waals surface area contributed by atoms with Gasteiger partial charge in [0.05, 0.1) is 12.7 Å². The van der Waals surface area contributed by atoms with Crippen LogP contribution in [0.3, 0.4) is 0 Å². The third-order valence-corrected chi connectivity index (χ3v) is 5.28.